The third-order valence-electron chi connectivity index (χ3n) is 6.90. The van der Waals surface area contributed by atoms with Crippen LogP contribution >= 0.6 is 23.2 Å². The first-order valence-electron chi connectivity index (χ1n) is 12.3. The van der Waals surface area contributed by atoms with Gasteiger partial charge in [-0.15, -0.1) is 23.2 Å². The molecule has 0 aromatic carbocycles. The van der Waals surface area contributed by atoms with Crippen LogP contribution in [0.3, 0.4) is 0 Å². The summed E-state index contributed by atoms with van der Waals surface area (Å²) in [7, 11) is 0. The van der Waals surface area contributed by atoms with Crippen molar-refractivity contribution in [3.8, 4) is 0 Å². The number of fused-ring (bicyclic) bond motifs is 1. The first-order valence-corrected chi connectivity index (χ1v) is 13.0. The number of halogens is 2. The van der Waals surface area contributed by atoms with Gasteiger partial charge < -0.3 is 26.6 Å². The van der Waals surface area contributed by atoms with Gasteiger partial charge in [-0.3, -0.25) is 19.2 Å². The van der Waals surface area contributed by atoms with Crippen molar-refractivity contribution in [2.24, 2.45) is 28.9 Å². The predicted octanol–water partition coefficient (Wildman–Crippen LogP) is 1.47. The number of nitrogens with one attached hydrogen (secondary N) is 3. The van der Waals surface area contributed by atoms with Gasteiger partial charge in [0.2, 0.25) is 17.6 Å². The summed E-state index contributed by atoms with van der Waals surface area (Å²) in [4.78, 5) is 65.2. The largest absolute Gasteiger partial charge is 0.363 e. The molecule has 0 radical (unpaired) electrons. The Morgan fingerprint density at radius 1 is 1.03 bits per heavy atom. The van der Waals surface area contributed by atoms with Crippen molar-refractivity contribution >= 4 is 52.7 Å². The molecule has 0 aromatic heterocycles. The summed E-state index contributed by atoms with van der Waals surface area (Å²) >= 11 is 12.8. The number of hydrogen-bond acceptors (Lipinski definition) is 5. The van der Waals surface area contributed by atoms with E-state index in [2.05, 4.69) is 16.0 Å². The molecule has 5 amide bonds. The second kappa shape index (κ2) is 9.67. The normalized spacial score (nSPS) is 26.3. The second-order valence-electron chi connectivity index (χ2n) is 12.4. The molecule has 3 aliphatic rings. The van der Waals surface area contributed by atoms with Crippen LogP contribution in [0.1, 0.15) is 60.8 Å². The van der Waals surface area contributed by atoms with Crippen molar-refractivity contribution in [3.63, 3.8) is 0 Å². The molecule has 0 aromatic rings. The lowest BCUT2D eigenvalue weighted by molar-refractivity contribution is -0.144. The quantitative estimate of drug-likeness (QED) is 0.269. The van der Waals surface area contributed by atoms with Gasteiger partial charge in [0, 0.05) is 23.9 Å². The van der Waals surface area contributed by atoms with Crippen LogP contribution < -0.4 is 21.7 Å². The standard InChI is InChI=1S/C24H37Cl2N5O5/c1-22(2,3)17(29-21(36)30-23(4,5)6)20(35)31-10-12-14(24(12,25)26)15(31)19(34)28-13(9-11-7-8-11)16(32)18(27)33/h11-15,17H,7-10H2,1-6H3,(H2,27,33)(H,28,34)(H2,29,30,36)/t12?,13?,14?,15-,17+/m0/s1. The first kappa shape index (κ1) is 28.5. The Morgan fingerprint density at radius 3 is 2.08 bits per heavy atom. The molecule has 2 aliphatic carbocycles. The van der Waals surface area contributed by atoms with Gasteiger partial charge in [0.1, 0.15) is 16.4 Å². The molecule has 0 bridgehead atoms. The van der Waals surface area contributed by atoms with E-state index in [-0.39, 0.29) is 18.4 Å². The van der Waals surface area contributed by atoms with E-state index in [4.69, 9.17) is 28.9 Å². The predicted molar refractivity (Wildman–Crippen MR) is 135 cm³/mol. The summed E-state index contributed by atoms with van der Waals surface area (Å²) < 4.78 is -1.19. The number of carbonyl (C=O) groups is 5. The highest BCUT2D eigenvalue weighted by Gasteiger charge is 2.74. The van der Waals surface area contributed by atoms with Gasteiger partial charge in [-0.25, -0.2) is 4.79 Å². The number of hydrogen-bond donors (Lipinski definition) is 4. The number of amides is 5. The van der Waals surface area contributed by atoms with Crippen molar-refractivity contribution in [2.75, 3.05) is 6.54 Å². The number of nitrogens with zero attached hydrogens (tertiary/aromatic N) is 1. The molecule has 36 heavy (non-hydrogen) atoms. The zero-order chi connectivity index (χ0) is 27.4. The van der Waals surface area contributed by atoms with E-state index >= 15 is 0 Å². The van der Waals surface area contributed by atoms with Crippen LogP contribution in [0.5, 0.6) is 0 Å². The molecule has 1 aliphatic heterocycles. The van der Waals surface area contributed by atoms with Crippen LogP contribution in [0.25, 0.3) is 0 Å². The summed E-state index contributed by atoms with van der Waals surface area (Å²) in [6.45, 7) is 11.0. The number of Topliss-reactive ketones (excluding diaryl/α,β-unsaturated/α-hetero) is 1. The van der Waals surface area contributed by atoms with E-state index < -0.39 is 68.9 Å². The highest BCUT2D eigenvalue weighted by Crippen LogP contribution is 2.65. The average molecular weight is 546 g/mol. The number of nitrogens with two attached hydrogens (primary N) is 1. The topological polar surface area (TPSA) is 151 Å². The molecule has 3 rings (SSSR count). The molecule has 0 spiro atoms. The number of primary amides is 1. The van der Waals surface area contributed by atoms with Gasteiger partial charge in [0.05, 0.1) is 6.04 Å². The van der Waals surface area contributed by atoms with E-state index in [1.165, 1.54) is 4.90 Å². The number of ketones is 1. The summed E-state index contributed by atoms with van der Waals surface area (Å²) in [5.41, 5.74) is 4.00. The number of piperidine rings is 1. The third kappa shape index (κ3) is 6.25. The van der Waals surface area contributed by atoms with Crippen molar-refractivity contribution in [2.45, 2.75) is 88.8 Å². The molecule has 3 unspecified atom stereocenters. The van der Waals surface area contributed by atoms with E-state index in [1.54, 1.807) is 0 Å². The Bertz CT molecular complexity index is 954. The average Bonchev–Trinajstić information content (AvgIpc) is 3.55. The van der Waals surface area contributed by atoms with Crippen molar-refractivity contribution in [1.29, 1.82) is 0 Å². The maximum Gasteiger partial charge on any atom is 0.315 e. The highest BCUT2D eigenvalue weighted by molar-refractivity contribution is 6.51. The molecule has 1 saturated heterocycles. The minimum Gasteiger partial charge on any atom is -0.363 e. The van der Waals surface area contributed by atoms with E-state index in [0.29, 0.717) is 6.42 Å². The van der Waals surface area contributed by atoms with Gasteiger partial charge in [-0.05, 0) is 38.5 Å². The molecule has 2 saturated carbocycles. The second-order valence-corrected chi connectivity index (χ2v) is 13.8. The summed E-state index contributed by atoms with van der Waals surface area (Å²) in [6.07, 6.45) is 2.10. The lowest BCUT2D eigenvalue weighted by Gasteiger charge is -2.38. The number of rotatable bonds is 8. The molecule has 12 heteroatoms. The molecule has 5 N–H and O–H groups in total. The Labute approximate surface area is 221 Å². The minimum atomic E-state index is -1.19. The van der Waals surface area contributed by atoms with Crippen LogP contribution in [-0.2, 0) is 19.2 Å². The molecule has 3 fully saturated rings. The van der Waals surface area contributed by atoms with Crippen molar-refractivity contribution < 1.29 is 24.0 Å². The number of alkyl halides is 2. The maximum absolute atomic E-state index is 13.8. The Balaban J connectivity index is 1.83. The van der Waals surface area contributed by atoms with Crippen LogP contribution in [0.15, 0.2) is 0 Å². The number of carbonyl (C=O) groups excluding carboxylic acids is 5. The highest BCUT2D eigenvalue weighted by atomic mass is 35.5. The van der Waals surface area contributed by atoms with Gasteiger partial charge in [0.25, 0.3) is 5.91 Å². The van der Waals surface area contributed by atoms with Crippen LogP contribution in [-0.4, -0.2) is 69.0 Å². The fourth-order valence-electron chi connectivity index (χ4n) is 4.80. The SMILES string of the molecule is CC(C)(C)NC(=O)N[C@H](C(=O)N1CC2C([C@H]1C(=O)NC(CC1CC1)C(=O)C(N)=O)C2(Cl)Cl)C(C)(C)C. The summed E-state index contributed by atoms with van der Waals surface area (Å²) in [5, 5.41) is 8.18. The summed E-state index contributed by atoms with van der Waals surface area (Å²) in [6, 6.07) is -3.60. The van der Waals surface area contributed by atoms with E-state index in [1.807, 2.05) is 41.5 Å². The molecule has 202 valence electrons. The Kier molecular flexibility index (Phi) is 7.65. The van der Waals surface area contributed by atoms with Crippen LogP contribution in [0.2, 0.25) is 0 Å². The number of likely N-dealkylation sites (tertiary alicyclic amines) is 1. The fraction of sp³-hybridized carbons (Fsp3) is 0.792. The lowest BCUT2D eigenvalue weighted by Crippen LogP contribution is -2.62. The first-order chi connectivity index (χ1) is 16.3. The smallest absolute Gasteiger partial charge is 0.315 e. The van der Waals surface area contributed by atoms with Gasteiger partial charge in [0.15, 0.2) is 0 Å². The van der Waals surface area contributed by atoms with E-state index in [9.17, 15) is 24.0 Å². The monoisotopic (exact) mass is 545 g/mol. The van der Waals surface area contributed by atoms with Crippen LogP contribution in [0.4, 0.5) is 4.79 Å². The fourth-order valence-corrected chi connectivity index (χ4v) is 5.63. The zero-order valence-corrected chi connectivity index (χ0v) is 23.1. The van der Waals surface area contributed by atoms with Crippen LogP contribution in [0, 0.1) is 23.2 Å². The van der Waals surface area contributed by atoms with E-state index in [0.717, 1.165) is 12.8 Å². The maximum atomic E-state index is 13.8. The Morgan fingerprint density at radius 2 is 1.61 bits per heavy atom. The lowest BCUT2D eigenvalue weighted by atomic mass is 9.85. The molecular weight excluding hydrogens is 509 g/mol. The van der Waals surface area contributed by atoms with Crippen molar-refractivity contribution in [1.82, 2.24) is 20.9 Å². The zero-order valence-electron chi connectivity index (χ0n) is 21.6. The number of urea groups is 1. The van der Waals surface area contributed by atoms with Crippen molar-refractivity contribution in [3.05, 3.63) is 0 Å². The summed E-state index contributed by atoms with van der Waals surface area (Å²) in [5.74, 6) is -3.74. The third-order valence-corrected chi connectivity index (χ3v) is 7.97. The molecule has 10 nitrogen and oxygen atoms in total. The molecular formula is C24H37Cl2N5O5. The molecule has 1 heterocycles. The van der Waals surface area contributed by atoms with Gasteiger partial charge in [-0.1, -0.05) is 33.6 Å². The van der Waals surface area contributed by atoms with Gasteiger partial charge >= 0.3 is 6.03 Å². The molecule has 5 atom stereocenters. The Hall–Kier alpha value is -2.07. The van der Waals surface area contributed by atoms with Gasteiger partial charge in [-0.2, -0.15) is 0 Å². The minimum absolute atomic E-state index is 0.126.